The lowest BCUT2D eigenvalue weighted by atomic mass is 10.1. The Kier molecular flexibility index (Phi) is 7.22. The predicted octanol–water partition coefficient (Wildman–Crippen LogP) is 2.11. The van der Waals surface area contributed by atoms with Crippen molar-refractivity contribution >= 4 is 34.3 Å². The minimum absolute atomic E-state index is 0.0207. The van der Waals surface area contributed by atoms with Crippen LogP contribution in [-0.2, 0) is 36.7 Å². The summed E-state index contributed by atoms with van der Waals surface area (Å²) < 4.78 is 22.5. The molecule has 1 heterocycles. The summed E-state index contributed by atoms with van der Waals surface area (Å²) in [6.07, 6.45) is -0.0403. The molecule has 0 aliphatic carbocycles. The van der Waals surface area contributed by atoms with Crippen molar-refractivity contribution in [1.29, 1.82) is 0 Å². The molecule has 0 saturated heterocycles. The van der Waals surface area contributed by atoms with Crippen molar-refractivity contribution in [1.82, 2.24) is 4.98 Å². The molecular weight excluding hydrogens is 363 g/mol. The van der Waals surface area contributed by atoms with Crippen LogP contribution in [0.5, 0.6) is 0 Å². The molecule has 2 rings (SSSR count). The molecule has 0 radical (unpaired) electrons. The fraction of sp³-hybridized carbons (Fsp3) is 0.294. The first kappa shape index (κ1) is 19.5. The molecule has 7 nitrogen and oxygen atoms in total. The Bertz CT molecular complexity index is 776. The highest BCUT2D eigenvalue weighted by molar-refractivity contribution is 7.13. The van der Waals surface area contributed by atoms with E-state index < -0.39 is 30.3 Å². The molecule has 26 heavy (non-hydrogen) atoms. The third-order valence-electron chi connectivity index (χ3n) is 3.05. The van der Waals surface area contributed by atoms with E-state index in [9.17, 15) is 18.8 Å². The Morgan fingerprint density at radius 3 is 2.50 bits per heavy atom. The Morgan fingerprint density at radius 2 is 1.81 bits per heavy atom. The average Bonchev–Trinajstić information content (AvgIpc) is 3.02. The third kappa shape index (κ3) is 6.60. The minimum Gasteiger partial charge on any atom is -0.466 e. The molecule has 1 aromatic heterocycles. The highest BCUT2D eigenvalue weighted by atomic mass is 32.1. The molecule has 138 valence electrons. The number of hydrogen-bond donors (Lipinski definition) is 1. The summed E-state index contributed by atoms with van der Waals surface area (Å²) in [6.45, 7) is 1.53. The van der Waals surface area contributed by atoms with E-state index in [2.05, 4.69) is 10.3 Å². The smallest absolute Gasteiger partial charge is 0.311 e. The number of halogens is 1. The number of carbonyl (C=O) groups excluding carboxylic acids is 3. The van der Waals surface area contributed by atoms with E-state index in [-0.39, 0.29) is 19.4 Å². The van der Waals surface area contributed by atoms with Crippen LogP contribution in [0.2, 0.25) is 0 Å². The SMILES string of the molecule is CCOC(=O)Cc1csc(NC(=O)COC(=O)Cc2ccc(F)cc2)n1. The topological polar surface area (TPSA) is 94.6 Å². The van der Waals surface area contributed by atoms with Crippen molar-refractivity contribution in [3.05, 3.63) is 46.7 Å². The summed E-state index contributed by atoms with van der Waals surface area (Å²) in [5.74, 6) is -1.94. The van der Waals surface area contributed by atoms with Crippen LogP contribution in [0.15, 0.2) is 29.6 Å². The van der Waals surface area contributed by atoms with Gasteiger partial charge in [0.1, 0.15) is 5.82 Å². The van der Waals surface area contributed by atoms with Crippen LogP contribution in [0, 0.1) is 5.82 Å². The minimum atomic E-state index is -0.603. The molecule has 2 aromatic rings. The second-order valence-electron chi connectivity index (χ2n) is 5.14. The maximum absolute atomic E-state index is 12.8. The van der Waals surface area contributed by atoms with Crippen LogP contribution in [-0.4, -0.2) is 36.0 Å². The Labute approximate surface area is 153 Å². The number of benzene rings is 1. The fourth-order valence-electron chi connectivity index (χ4n) is 1.93. The van der Waals surface area contributed by atoms with E-state index in [1.807, 2.05) is 0 Å². The number of carbonyl (C=O) groups is 3. The molecule has 9 heteroatoms. The zero-order chi connectivity index (χ0) is 18.9. The quantitative estimate of drug-likeness (QED) is 0.705. The van der Waals surface area contributed by atoms with Gasteiger partial charge in [0.05, 0.1) is 25.1 Å². The first-order valence-corrected chi connectivity index (χ1v) is 8.64. The van der Waals surface area contributed by atoms with E-state index in [0.29, 0.717) is 16.4 Å². The number of esters is 2. The van der Waals surface area contributed by atoms with Gasteiger partial charge in [-0.2, -0.15) is 0 Å². The first-order chi connectivity index (χ1) is 12.5. The predicted molar refractivity (Wildman–Crippen MR) is 92.1 cm³/mol. The number of amides is 1. The number of ether oxygens (including phenoxy) is 2. The van der Waals surface area contributed by atoms with Gasteiger partial charge in [-0.3, -0.25) is 19.7 Å². The van der Waals surface area contributed by atoms with Gasteiger partial charge in [0.15, 0.2) is 11.7 Å². The molecule has 0 spiro atoms. The molecule has 1 amide bonds. The summed E-state index contributed by atoms with van der Waals surface area (Å²) >= 11 is 1.15. The molecule has 1 N–H and O–H groups in total. The lowest BCUT2D eigenvalue weighted by Crippen LogP contribution is -2.21. The van der Waals surface area contributed by atoms with E-state index in [4.69, 9.17) is 9.47 Å². The van der Waals surface area contributed by atoms with Gasteiger partial charge in [-0.25, -0.2) is 9.37 Å². The van der Waals surface area contributed by atoms with Gasteiger partial charge in [0.2, 0.25) is 0 Å². The van der Waals surface area contributed by atoms with Gasteiger partial charge in [-0.1, -0.05) is 12.1 Å². The van der Waals surface area contributed by atoms with Gasteiger partial charge in [0.25, 0.3) is 5.91 Å². The zero-order valence-electron chi connectivity index (χ0n) is 14.0. The van der Waals surface area contributed by atoms with Crippen molar-refractivity contribution in [3.8, 4) is 0 Å². The standard InChI is InChI=1S/C17H17FN2O5S/c1-2-24-16(23)8-13-10-26-17(19-13)20-14(21)9-25-15(22)7-11-3-5-12(18)6-4-11/h3-6,10H,2,7-9H2,1H3,(H,19,20,21). The van der Waals surface area contributed by atoms with E-state index in [1.54, 1.807) is 12.3 Å². The van der Waals surface area contributed by atoms with Gasteiger partial charge in [-0.15, -0.1) is 11.3 Å². The van der Waals surface area contributed by atoms with Crippen molar-refractivity contribution < 1.29 is 28.2 Å². The maximum atomic E-state index is 12.8. The van der Waals surface area contributed by atoms with Crippen LogP contribution in [0.4, 0.5) is 9.52 Å². The van der Waals surface area contributed by atoms with Crippen LogP contribution >= 0.6 is 11.3 Å². The average molecular weight is 380 g/mol. The summed E-state index contributed by atoms with van der Waals surface area (Å²) in [6, 6.07) is 5.42. The molecule has 1 aromatic carbocycles. The number of nitrogens with zero attached hydrogens (tertiary/aromatic N) is 1. The third-order valence-corrected chi connectivity index (χ3v) is 3.86. The highest BCUT2D eigenvalue weighted by Crippen LogP contribution is 2.16. The van der Waals surface area contributed by atoms with Crippen molar-refractivity contribution in [3.63, 3.8) is 0 Å². The summed E-state index contributed by atoms with van der Waals surface area (Å²) in [7, 11) is 0. The molecule has 0 saturated carbocycles. The van der Waals surface area contributed by atoms with Gasteiger partial charge >= 0.3 is 11.9 Å². The van der Waals surface area contributed by atoms with E-state index in [1.165, 1.54) is 24.3 Å². The van der Waals surface area contributed by atoms with Crippen LogP contribution in [0.1, 0.15) is 18.2 Å². The molecule has 0 unspecified atom stereocenters. The Morgan fingerprint density at radius 1 is 1.12 bits per heavy atom. The molecule has 0 fully saturated rings. The van der Waals surface area contributed by atoms with Crippen molar-refractivity contribution in [2.75, 3.05) is 18.5 Å². The summed E-state index contributed by atoms with van der Waals surface area (Å²) in [5.41, 5.74) is 1.07. The molecule has 0 aliphatic heterocycles. The Balaban J connectivity index is 1.74. The van der Waals surface area contributed by atoms with Crippen molar-refractivity contribution in [2.24, 2.45) is 0 Å². The van der Waals surface area contributed by atoms with Crippen molar-refractivity contribution in [2.45, 2.75) is 19.8 Å². The zero-order valence-corrected chi connectivity index (χ0v) is 14.8. The highest BCUT2D eigenvalue weighted by Gasteiger charge is 2.12. The largest absolute Gasteiger partial charge is 0.466 e. The normalized spacial score (nSPS) is 10.2. The molecule has 0 atom stereocenters. The second-order valence-corrected chi connectivity index (χ2v) is 6.00. The number of anilines is 1. The Hall–Kier alpha value is -2.81. The summed E-state index contributed by atoms with van der Waals surface area (Å²) in [5, 5.41) is 4.41. The van der Waals surface area contributed by atoms with E-state index in [0.717, 1.165) is 11.3 Å². The van der Waals surface area contributed by atoms with Crippen LogP contribution < -0.4 is 5.32 Å². The van der Waals surface area contributed by atoms with Gasteiger partial charge < -0.3 is 9.47 Å². The number of nitrogens with one attached hydrogen (secondary N) is 1. The van der Waals surface area contributed by atoms with Gasteiger partial charge in [0, 0.05) is 5.38 Å². The first-order valence-electron chi connectivity index (χ1n) is 7.76. The second kappa shape index (κ2) is 9.62. The summed E-state index contributed by atoms with van der Waals surface area (Å²) in [4.78, 5) is 38.9. The molecule has 0 aliphatic rings. The number of thiazole rings is 1. The number of hydrogen-bond acceptors (Lipinski definition) is 7. The van der Waals surface area contributed by atoms with Crippen LogP contribution in [0.25, 0.3) is 0 Å². The molecular formula is C17H17FN2O5S. The van der Waals surface area contributed by atoms with Gasteiger partial charge in [-0.05, 0) is 24.6 Å². The molecule has 0 bridgehead atoms. The maximum Gasteiger partial charge on any atom is 0.311 e. The lowest BCUT2D eigenvalue weighted by molar-refractivity contribution is -0.146. The number of rotatable bonds is 8. The lowest BCUT2D eigenvalue weighted by Gasteiger charge is -2.05. The fourth-order valence-corrected chi connectivity index (χ4v) is 2.65. The van der Waals surface area contributed by atoms with E-state index >= 15 is 0 Å². The van der Waals surface area contributed by atoms with Crippen LogP contribution in [0.3, 0.4) is 0 Å². The monoisotopic (exact) mass is 380 g/mol. The number of aromatic nitrogens is 1.